The molecule has 14 heavy (non-hydrogen) atoms. The SMILES string of the molecule is CC(C)Cc1ncc(C(N)C(C)C)o1. The zero-order valence-electron chi connectivity index (χ0n) is 9.45. The van der Waals surface area contributed by atoms with Crippen LogP contribution in [0, 0.1) is 11.8 Å². The van der Waals surface area contributed by atoms with Gasteiger partial charge in [0.2, 0.25) is 0 Å². The Balaban J connectivity index is 2.67. The topological polar surface area (TPSA) is 52.0 Å². The minimum atomic E-state index is -0.0385. The van der Waals surface area contributed by atoms with Gasteiger partial charge in [-0.2, -0.15) is 0 Å². The van der Waals surface area contributed by atoms with Gasteiger partial charge in [-0.05, 0) is 11.8 Å². The van der Waals surface area contributed by atoms with Gasteiger partial charge >= 0.3 is 0 Å². The lowest BCUT2D eigenvalue weighted by molar-refractivity contribution is 0.370. The molecule has 3 nitrogen and oxygen atoms in total. The van der Waals surface area contributed by atoms with Gasteiger partial charge in [-0.25, -0.2) is 4.98 Å². The van der Waals surface area contributed by atoms with Crippen LogP contribution in [0.15, 0.2) is 10.6 Å². The Hall–Kier alpha value is -0.830. The van der Waals surface area contributed by atoms with Gasteiger partial charge in [0.25, 0.3) is 0 Å². The van der Waals surface area contributed by atoms with E-state index >= 15 is 0 Å². The van der Waals surface area contributed by atoms with E-state index in [9.17, 15) is 0 Å². The third kappa shape index (κ3) is 2.84. The highest BCUT2D eigenvalue weighted by molar-refractivity contribution is 5.01. The summed E-state index contributed by atoms with van der Waals surface area (Å²) in [5, 5.41) is 0. The highest BCUT2D eigenvalue weighted by Crippen LogP contribution is 2.20. The van der Waals surface area contributed by atoms with Crippen LogP contribution in [0.3, 0.4) is 0 Å². The summed E-state index contributed by atoms with van der Waals surface area (Å²) in [4.78, 5) is 4.21. The molecule has 1 rings (SSSR count). The first kappa shape index (κ1) is 11.2. The third-order valence-electron chi connectivity index (χ3n) is 2.20. The number of aromatic nitrogens is 1. The van der Waals surface area contributed by atoms with Crippen molar-refractivity contribution < 1.29 is 4.42 Å². The summed E-state index contributed by atoms with van der Waals surface area (Å²) in [6, 6.07) is -0.0385. The Bertz CT molecular complexity index is 279. The third-order valence-corrected chi connectivity index (χ3v) is 2.20. The molecule has 80 valence electrons. The molecule has 0 aliphatic rings. The molecule has 0 radical (unpaired) electrons. The molecule has 1 heterocycles. The molecule has 0 spiro atoms. The van der Waals surface area contributed by atoms with Crippen molar-refractivity contribution in [3.63, 3.8) is 0 Å². The molecule has 0 aromatic carbocycles. The van der Waals surface area contributed by atoms with Crippen LogP contribution in [-0.2, 0) is 6.42 Å². The highest BCUT2D eigenvalue weighted by Gasteiger charge is 2.15. The minimum absolute atomic E-state index is 0.0385. The highest BCUT2D eigenvalue weighted by atomic mass is 16.4. The molecule has 0 amide bonds. The Morgan fingerprint density at radius 1 is 1.36 bits per heavy atom. The Kier molecular flexibility index (Phi) is 3.69. The van der Waals surface area contributed by atoms with E-state index in [0.29, 0.717) is 11.8 Å². The van der Waals surface area contributed by atoms with E-state index in [2.05, 4.69) is 32.7 Å². The summed E-state index contributed by atoms with van der Waals surface area (Å²) >= 11 is 0. The summed E-state index contributed by atoms with van der Waals surface area (Å²) in [7, 11) is 0. The maximum Gasteiger partial charge on any atom is 0.194 e. The first-order valence-corrected chi connectivity index (χ1v) is 5.21. The molecule has 1 aromatic heterocycles. The molecule has 0 aliphatic heterocycles. The molecule has 0 fully saturated rings. The van der Waals surface area contributed by atoms with Gasteiger partial charge in [0.05, 0.1) is 12.2 Å². The number of hydrogen-bond donors (Lipinski definition) is 1. The molecule has 1 atom stereocenters. The second-order valence-electron chi connectivity index (χ2n) is 4.52. The van der Waals surface area contributed by atoms with E-state index in [1.807, 2.05) is 0 Å². The molecule has 0 saturated carbocycles. The van der Waals surface area contributed by atoms with E-state index in [-0.39, 0.29) is 6.04 Å². The monoisotopic (exact) mass is 196 g/mol. The van der Waals surface area contributed by atoms with Gasteiger partial charge in [0, 0.05) is 6.42 Å². The van der Waals surface area contributed by atoms with Crippen molar-refractivity contribution in [2.75, 3.05) is 0 Å². The van der Waals surface area contributed by atoms with Crippen molar-refractivity contribution in [2.45, 2.75) is 40.2 Å². The van der Waals surface area contributed by atoms with Gasteiger partial charge in [-0.1, -0.05) is 27.7 Å². The molecule has 1 aromatic rings. The average Bonchev–Trinajstić information content (AvgIpc) is 2.50. The number of nitrogens with zero attached hydrogens (tertiary/aromatic N) is 1. The molecular weight excluding hydrogens is 176 g/mol. The lowest BCUT2D eigenvalue weighted by Crippen LogP contribution is -2.15. The van der Waals surface area contributed by atoms with Crippen molar-refractivity contribution >= 4 is 0 Å². The second-order valence-corrected chi connectivity index (χ2v) is 4.52. The predicted octanol–water partition coefficient (Wildman–Crippen LogP) is 2.53. The summed E-state index contributed by atoms with van der Waals surface area (Å²) in [5.41, 5.74) is 5.95. The normalized spacial score (nSPS) is 13.9. The van der Waals surface area contributed by atoms with Gasteiger partial charge in [0.15, 0.2) is 5.89 Å². The Morgan fingerprint density at radius 3 is 2.50 bits per heavy atom. The standard InChI is InChI=1S/C11H20N2O/c1-7(2)5-10-13-6-9(14-10)11(12)8(3)4/h6-8,11H,5,12H2,1-4H3. The van der Waals surface area contributed by atoms with Gasteiger partial charge in [0.1, 0.15) is 5.76 Å². The molecule has 0 saturated heterocycles. The van der Waals surface area contributed by atoms with Crippen molar-refractivity contribution in [1.29, 1.82) is 0 Å². The zero-order chi connectivity index (χ0) is 10.7. The molecule has 1 unspecified atom stereocenters. The van der Waals surface area contributed by atoms with E-state index < -0.39 is 0 Å². The minimum Gasteiger partial charge on any atom is -0.444 e. The van der Waals surface area contributed by atoms with E-state index in [1.165, 1.54) is 0 Å². The van der Waals surface area contributed by atoms with E-state index in [1.54, 1.807) is 6.20 Å². The van der Waals surface area contributed by atoms with Crippen LogP contribution in [0.4, 0.5) is 0 Å². The van der Waals surface area contributed by atoms with E-state index in [4.69, 9.17) is 10.2 Å². The summed E-state index contributed by atoms with van der Waals surface area (Å²) < 4.78 is 5.58. The largest absolute Gasteiger partial charge is 0.444 e. The fourth-order valence-corrected chi connectivity index (χ4v) is 1.25. The van der Waals surface area contributed by atoms with Crippen molar-refractivity contribution in [3.8, 4) is 0 Å². The van der Waals surface area contributed by atoms with Gasteiger partial charge in [-0.3, -0.25) is 0 Å². The number of rotatable bonds is 4. The molecule has 3 heteroatoms. The lowest BCUT2D eigenvalue weighted by atomic mass is 10.0. The van der Waals surface area contributed by atoms with Crippen LogP contribution in [-0.4, -0.2) is 4.98 Å². The molecule has 2 N–H and O–H groups in total. The van der Waals surface area contributed by atoms with Gasteiger partial charge in [-0.15, -0.1) is 0 Å². The predicted molar refractivity (Wildman–Crippen MR) is 56.8 cm³/mol. The summed E-state index contributed by atoms with van der Waals surface area (Å²) in [5.74, 6) is 2.55. The first-order chi connectivity index (χ1) is 6.50. The van der Waals surface area contributed by atoms with E-state index in [0.717, 1.165) is 18.1 Å². The maximum absolute atomic E-state index is 5.95. The van der Waals surface area contributed by atoms with Crippen molar-refractivity contribution in [2.24, 2.45) is 17.6 Å². The Morgan fingerprint density at radius 2 is 2.00 bits per heavy atom. The number of oxazole rings is 1. The van der Waals surface area contributed by atoms with Crippen molar-refractivity contribution in [1.82, 2.24) is 4.98 Å². The second kappa shape index (κ2) is 4.60. The van der Waals surface area contributed by atoms with Crippen LogP contribution in [0.1, 0.15) is 45.4 Å². The zero-order valence-corrected chi connectivity index (χ0v) is 9.45. The van der Waals surface area contributed by atoms with Crippen molar-refractivity contribution in [3.05, 3.63) is 17.8 Å². The van der Waals surface area contributed by atoms with Crippen LogP contribution in [0.2, 0.25) is 0 Å². The fourth-order valence-electron chi connectivity index (χ4n) is 1.25. The lowest BCUT2D eigenvalue weighted by Gasteiger charge is -2.11. The van der Waals surface area contributed by atoms with Gasteiger partial charge < -0.3 is 10.2 Å². The summed E-state index contributed by atoms with van der Waals surface area (Å²) in [6.07, 6.45) is 2.63. The number of nitrogens with two attached hydrogens (primary N) is 1. The fraction of sp³-hybridized carbons (Fsp3) is 0.727. The van der Waals surface area contributed by atoms with Crippen LogP contribution in [0.5, 0.6) is 0 Å². The molecule has 0 aliphatic carbocycles. The smallest absolute Gasteiger partial charge is 0.194 e. The van der Waals surface area contributed by atoms with Crippen LogP contribution < -0.4 is 5.73 Å². The molecule has 0 bridgehead atoms. The quantitative estimate of drug-likeness (QED) is 0.805. The Labute approximate surface area is 85.7 Å². The number of hydrogen-bond acceptors (Lipinski definition) is 3. The first-order valence-electron chi connectivity index (χ1n) is 5.21. The summed E-state index contributed by atoms with van der Waals surface area (Å²) in [6.45, 7) is 8.45. The molecular formula is C11H20N2O. The average molecular weight is 196 g/mol. The maximum atomic E-state index is 5.95. The van der Waals surface area contributed by atoms with Crippen LogP contribution >= 0.6 is 0 Å². The van der Waals surface area contributed by atoms with Crippen LogP contribution in [0.25, 0.3) is 0 Å².